The summed E-state index contributed by atoms with van der Waals surface area (Å²) in [6, 6.07) is 15.4. The Morgan fingerprint density at radius 3 is 1.94 bits per heavy atom. The highest BCUT2D eigenvalue weighted by Gasteiger charge is 2.30. The van der Waals surface area contributed by atoms with E-state index >= 15 is 0 Å². The number of nitrogens with zero attached hydrogens (tertiary/aromatic N) is 1. The van der Waals surface area contributed by atoms with E-state index in [1.165, 1.54) is 5.56 Å². The van der Waals surface area contributed by atoms with Gasteiger partial charge in [-0.3, -0.25) is 9.59 Å². The molecule has 0 fully saturated rings. The lowest BCUT2D eigenvalue weighted by Gasteiger charge is -2.33. The van der Waals surface area contributed by atoms with Crippen molar-refractivity contribution >= 4 is 23.4 Å². The van der Waals surface area contributed by atoms with Crippen molar-refractivity contribution in [2.75, 3.05) is 0 Å². The van der Waals surface area contributed by atoms with Crippen molar-refractivity contribution in [3.8, 4) is 0 Å². The summed E-state index contributed by atoms with van der Waals surface area (Å²) in [5.41, 5.74) is 3.07. The predicted molar refractivity (Wildman–Crippen MR) is 137 cm³/mol. The summed E-state index contributed by atoms with van der Waals surface area (Å²) in [6.07, 6.45) is 1.53. The van der Waals surface area contributed by atoms with Gasteiger partial charge in [0.2, 0.25) is 11.8 Å². The SMILES string of the molecule is CC[C@@H](C(=O)NC(C)(C)C)N(Cc1ccc(Cl)cc1)C(=O)CCc1ccc(C(C)(C)C)cc1. The van der Waals surface area contributed by atoms with Crippen LogP contribution in [-0.4, -0.2) is 28.3 Å². The third-order valence-corrected chi connectivity index (χ3v) is 5.85. The van der Waals surface area contributed by atoms with E-state index in [2.05, 4.69) is 50.4 Å². The van der Waals surface area contributed by atoms with Gasteiger partial charge in [-0.1, -0.05) is 75.7 Å². The first-order valence-corrected chi connectivity index (χ1v) is 12.1. The molecule has 0 spiro atoms. The van der Waals surface area contributed by atoms with Gasteiger partial charge < -0.3 is 10.2 Å². The molecule has 0 aliphatic heterocycles. The van der Waals surface area contributed by atoms with Crippen LogP contribution in [0.5, 0.6) is 0 Å². The van der Waals surface area contributed by atoms with Crippen LogP contribution in [0.3, 0.4) is 0 Å². The fourth-order valence-corrected chi connectivity index (χ4v) is 3.85. The summed E-state index contributed by atoms with van der Waals surface area (Å²) in [7, 11) is 0. The minimum absolute atomic E-state index is 0.0271. The smallest absolute Gasteiger partial charge is 0.243 e. The monoisotopic (exact) mass is 470 g/mol. The van der Waals surface area contributed by atoms with Crippen molar-refractivity contribution in [2.45, 2.75) is 91.3 Å². The van der Waals surface area contributed by atoms with Crippen LogP contribution in [-0.2, 0) is 28.0 Å². The van der Waals surface area contributed by atoms with Crippen LogP contribution in [0.1, 0.15) is 78.0 Å². The Labute approximate surface area is 204 Å². The van der Waals surface area contributed by atoms with Gasteiger partial charge in [-0.2, -0.15) is 0 Å². The Hall–Kier alpha value is -2.33. The molecule has 0 unspecified atom stereocenters. The minimum atomic E-state index is -0.532. The fraction of sp³-hybridized carbons (Fsp3) is 0.500. The number of benzene rings is 2. The summed E-state index contributed by atoms with van der Waals surface area (Å²) in [6.45, 7) is 14.7. The van der Waals surface area contributed by atoms with Crippen LogP contribution >= 0.6 is 11.6 Å². The maximum Gasteiger partial charge on any atom is 0.243 e. The molecular weight excluding hydrogens is 432 g/mol. The van der Waals surface area contributed by atoms with Crippen LogP contribution in [0.15, 0.2) is 48.5 Å². The molecule has 0 bridgehead atoms. The normalized spacial score (nSPS) is 12.8. The molecule has 1 atom stereocenters. The zero-order valence-corrected chi connectivity index (χ0v) is 21.9. The molecule has 33 heavy (non-hydrogen) atoms. The fourth-order valence-electron chi connectivity index (χ4n) is 3.73. The molecule has 0 saturated carbocycles. The summed E-state index contributed by atoms with van der Waals surface area (Å²) in [5.74, 6) is -0.150. The molecular formula is C28H39ClN2O2. The van der Waals surface area contributed by atoms with E-state index in [9.17, 15) is 9.59 Å². The summed E-state index contributed by atoms with van der Waals surface area (Å²) >= 11 is 6.04. The first-order chi connectivity index (χ1) is 15.3. The Kier molecular flexibility index (Phi) is 9.13. The second kappa shape index (κ2) is 11.2. The number of aryl methyl sites for hydroxylation is 1. The molecule has 2 rings (SSSR count). The number of carbonyl (C=O) groups is 2. The number of hydrogen-bond acceptors (Lipinski definition) is 2. The van der Waals surface area contributed by atoms with E-state index in [1.54, 1.807) is 4.90 Å². The second-order valence-electron chi connectivity index (χ2n) is 10.8. The molecule has 5 heteroatoms. The van der Waals surface area contributed by atoms with E-state index < -0.39 is 6.04 Å². The number of nitrogens with one attached hydrogen (secondary N) is 1. The molecule has 0 saturated heterocycles. The minimum Gasteiger partial charge on any atom is -0.350 e. The van der Waals surface area contributed by atoms with Crippen LogP contribution in [0.4, 0.5) is 0 Å². The van der Waals surface area contributed by atoms with E-state index in [1.807, 2.05) is 52.0 Å². The molecule has 2 amide bonds. The Morgan fingerprint density at radius 1 is 0.909 bits per heavy atom. The summed E-state index contributed by atoms with van der Waals surface area (Å²) in [5, 5.41) is 3.69. The standard InChI is InChI=1S/C28H39ClN2O2/c1-8-24(26(33)30-28(5,6)7)31(19-21-11-16-23(29)17-12-21)25(32)18-13-20-9-14-22(15-10-20)27(2,3)4/h9-12,14-17,24H,8,13,18-19H2,1-7H3,(H,30,33)/t24-/m0/s1. The summed E-state index contributed by atoms with van der Waals surface area (Å²) < 4.78 is 0. The third kappa shape index (κ3) is 8.51. The van der Waals surface area contributed by atoms with Crippen LogP contribution in [0.2, 0.25) is 5.02 Å². The van der Waals surface area contributed by atoms with Crippen LogP contribution in [0, 0.1) is 0 Å². The largest absolute Gasteiger partial charge is 0.350 e. The summed E-state index contributed by atoms with van der Waals surface area (Å²) in [4.78, 5) is 28.2. The Morgan fingerprint density at radius 2 is 1.45 bits per heavy atom. The lowest BCUT2D eigenvalue weighted by molar-refractivity contribution is -0.142. The van der Waals surface area contributed by atoms with Crippen molar-refractivity contribution < 1.29 is 9.59 Å². The van der Waals surface area contributed by atoms with Gasteiger partial charge in [-0.25, -0.2) is 0 Å². The number of halogens is 1. The zero-order valence-electron chi connectivity index (χ0n) is 21.2. The molecule has 0 aliphatic rings. The molecule has 4 nitrogen and oxygen atoms in total. The van der Waals surface area contributed by atoms with Gasteiger partial charge in [0.1, 0.15) is 6.04 Å². The number of amides is 2. The first kappa shape index (κ1) is 26.9. The Bertz CT molecular complexity index is 922. The molecule has 2 aromatic carbocycles. The highest BCUT2D eigenvalue weighted by molar-refractivity contribution is 6.30. The van der Waals surface area contributed by atoms with Crippen molar-refractivity contribution in [3.63, 3.8) is 0 Å². The van der Waals surface area contributed by atoms with Gasteiger partial charge in [-0.05, 0) is 67.9 Å². The van der Waals surface area contributed by atoms with Crippen LogP contribution in [0.25, 0.3) is 0 Å². The molecule has 0 aliphatic carbocycles. The number of rotatable bonds is 8. The van der Waals surface area contributed by atoms with Gasteiger partial charge >= 0.3 is 0 Å². The van der Waals surface area contributed by atoms with Gasteiger partial charge in [0.05, 0.1) is 0 Å². The van der Waals surface area contributed by atoms with Gasteiger partial charge in [-0.15, -0.1) is 0 Å². The van der Waals surface area contributed by atoms with E-state index in [-0.39, 0.29) is 22.8 Å². The lowest BCUT2D eigenvalue weighted by Crippen LogP contribution is -2.53. The van der Waals surface area contributed by atoms with E-state index in [4.69, 9.17) is 11.6 Å². The molecule has 2 aromatic rings. The molecule has 180 valence electrons. The molecule has 0 heterocycles. The number of carbonyl (C=O) groups excluding carboxylic acids is 2. The van der Waals surface area contributed by atoms with Gasteiger partial charge in [0.15, 0.2) is 0 Å². The average Bonchev–Trinajstić information content (AvgIpc) is 2.71. The highest BCUT2D eigenvalue weighted by Crippen LogP contribution is 2.23. The van der Waals surface area contributed by atoms with Crippen LogP contribution < -0.4 is 5.32 Å². The van der Waals surface area contributed by atoms with E-state index in [0.29, 0.717) is 30.8 Å². The average molecular weight is 471 g/mol. The maximum absolute atomic E-state index is 13.4. The highest BCUT2D eigenvalue weighted by atomic mass is 35.5. The van der Waals surface area contributed by atoms with Gasteiger partial charge in [0, 0.05) is 23.5 Å². The van der Waals surface area contributed by atoms with Crippen molar-refractivity contribution in [1.82, 2.24) is 10.2 Å². The van der Waals surface area contributed by atoms with Gasteiger partial charge in [0.25, 0.3) is 0 Å². The topological polar surface area (TPSA) is 49.4 Å². The Balaban J connectivity index is 2.20. The quantitative estimate of drug-likeness (QED) is 0.492. The predicted octanol–water partition coefficient (Wildman–Crippen LogP) is 6.29. The van der Waals surface area contributed by atoms with Crippen molar-refractivity contribution in [2.24, 2.45) is 0 Å². The maximum atomic E-state index is 13.4. The second-order valence-corrected chi connectivity index (χ2v) is 11.2. The van der Waals surface area contributed by atoms with E-state index in [0.717, 1.165) is 11.1 Å². The number of hydrogen-bond donors (Lipinski definition) is 1. The lowest BCUT2D eigenvalue weighted by atomic mass is 9.86. The first-order valence-electron chi connectivity index (χ1n) is 11.8. The zero-order chi connectivity index (χ0) is 24.8. The molecule has 0 radical (unpaired) electrons. The van der Waals surface area contributed by atoms with Crippen molar-refractivity contribution in [1.29, 1.82) is 0 Å². The molecule has 0 aromatic heterocycles. The molecule has 1 N–H and O–H groups in total. The van der Waals surface area contributed by atoms with Crippen molar-refractivity contribution in [3.05, 3.63) is 70.2 Å². The third-order valence-electron chi connectivity index (χ3n) is 5.60.